The zero-order chi connectivity index (χ0) is 13.1. The second-order valence-corrected chi connectivity index (χ2v) is 6.09. The molecule has 3 nitrogen and oxygen atoms in total. The lowest BCUT2D eigenvalue weighted by Crippen LogP contribution is -2.23. The van der Waals surface area contributed by atoms with E-state index < -0.39 is 0 Å². The van der Waals surface area contributed by atoms with Crippen molar-refractivity contribution >= 4 is 5.82 Å². The molecule has 0 amide bonds. The number of nitrogens with one attached hydrogen (secondary N) is 1. The summed E-state index contributed by atoms with van der Waals surface area (Å²) in [6, 6.07) is 5.64. The molecule has 1 unspecified atom stereocenters. The largest absolute Gasteiger partial charge is 0.367 e. The first-order chi connectivity index (χ1) is 9.33. The van der Waals surface area contributed by atoms with Crippen molar-refractivity contribution in [3.63, 3.8) is 0 Å². The highest BCUT2D eigenvalue weighted by molar-refractivity contribution is 5.37. The molecule has 1 aliphatic carbocycles. The molecule has 1 N–H and O–H groups in total. The highest BCUT2D eigenvalue weighted by Gasteiger charge is 2.22. The molecule has 2 fully saturated rings. The van der Waals surface area contributed by atoms with Crippen LogP contribution in [-0.2, 0) is 0 Å². The maximum atomic E-state index is 4.61. The van der Waals surface area contributed by atoms with Gasteiger partial charge in [-0.1, -0.05) is 25.3 Å². The highest BCUT2D eigenvalue weighted by atomic mass is 15.1. The van der Waals surface area contributed by atoms with Gasteiger partial charge in [0.05, 0.1) is 0 Å². The third-order valence-corrected chi connectivity index (χ3v) is 4.65. The Balaban J connectivity index is 1.61. The van der Waals surface area contributed by atoms with E-state index in [1.165, 1.54) is 57.1 Å². The zero-order valence-electron chi connectivity index (χ0n) is 11.9. The van der Waals surface area contributed by atoms with Gasteiger partial charge in [0.15, 0.2) is 0 Å². The van der Waals surface area contributed by atoms with Gasteiger partial charge in [-0.3, -0.25) is 4.90 Å². The Morgan fingerprint density at radius 2 is 1.95 bits per heavy atom. The maximum absolute atomic E-state index is 4.61. The van der Waals surface area contributed by atoms with Gasteiger partial charge in [0.1, 0.15) is 5.82 Å². The Bertz CT molecular complexity index is 395. The molecule has 1 atom stereocenters. The Hall–Kier alpha value is -1.09. The van der Waals surface area contributed by atoms with E-state index >= 15 is 0 Å². The normalized spacial score (nSPS) is 25.6. The summed E-state index contributed by atoms with van der Waals surface area (Å²) in [5, 5.41) is 3.59. The van der Waals surface area contributed by atoms with Crippen LogP contribution in [0.1, 0.15) is 56.6 Å². The quantitative estimate of drug-likeness (QED) is 0.899. The molecule has 19 heavy (non-hydrogen) atoms. The van der Waals surface area contributed by atoms with Crippen molar-refractivity contribution < 1.29 is 0 Å². The topological polar surface area (TPSA) is 28.2 Å². The summed E-state index contributed by atoms with van der Waals surface area (Å²) in [5.74, 6) is 1.05. The van der Waals surface area contributed by atoms with Crippen LogP contribution in [0.2, 0.25) is 0 Å². The Kier molecular flexibility index (Phi) is 4.02. The van der Waals surface area contributed by atoms with E-state index in [1.807, 2.05) is 0 Å². The van der Waals surface area contributed by atoms with Crippen LogP contribution in [0.15, 0.2) is 18.3 Å². The first-order valence-corrected chi connectivity index (χ1v) is 7.75. The lowest BCUT2D eigenvalue weighted by atomic mass is 9.95. The summed E-state index contributed by atoms with van der Waals surface area (Å²) in [4.78, 5) is 7.05. The lowest BCUT2D eigenvalue weighted by molar-refractivity contribution is 0.317. The molecule has 1 saturated carbocycles. The number of hydrogen-bond acceptors (Lipinski definition) is 3. The van der Waals surface area contributed by atoms with Crippen LogP contribution in [0, 0.1) is 0 Å². The van der Waals surface area contributed by atoms with Gasteiger partial charge in [-0.15, -0.1) is 0 Å². The van der Waals surface area contributed by atoms with Gasteiger partial charge in [-0.05, 0) is 50.9 Å². The van der Waals surface area contributed by atoms with Gasteiger partial charge >= 0.3 is 0 Å². The molecular formula is C16H25N3. The van der Waals surface area contributed by atoms with Crippen LogP contribution < -0.4 is 5.32 Å². The fraction of sp³-hybridized carbons (Fsp3) is 0.688. The number of anilines is 1. The monoisotopic (exact) mass is 259 g/mol. The number of aromatic nitrogens is 1. The Labute approximate surface area is 116 Å². The summed E-state index contributed by atoms with van der Waals surface area (Å²) in [7, 11) is 2.21. The number of nitrogens with zero attached hydrogens (tertiary/aromatic N) is 2. The van der Waals surface area contributed by atoms with E-state index in [-0.39, 0.29) is 0 Å². The number of likely N-dealkylation sites (tertiary alicyclic amines) is 1. The summed E-state index contributed by atoms with van der Waals surface area (Å²) in [5.41, 5.74) is 1.37. The van der Waals surface area contributed by atoms with E-state index in [4.69, 9.17) is 0 Å². The third-order valence-electron chi connectivity index (χ3n) is 4.65. The van der Waals surface area contributed by atoms with Crippen LogP contribution in [0.5, 0.6) is 0 Å². The predicted molar refractivity (Wildman–Crippen MR) is 79.3 cm³/mol. The van der Waals surface area contributed by atoms with E-state index in [1.54, 1.807) is 0 Å². The fourth-order valence-corrected chi connectivity index (χ4v) is 3.48. The summed E-state index contributed by atoms with van der Waals surface area (Å²) >= 11 is 0. The zero-order valence-corrected chi connectivity index (χ0v) is 11.9. The average molecular weight is 259 g/mol. The standard InChI is InChI=1S/C16H25N3/c1-19-11-5-8-15(19)13-9-10-16(17-12-13)18-14-6-3-2-4-7-14/h9-10,12,14-15H,2-8,11H2,1H3,(H,17,18). The van der Waals surface area contributed by atoms with Crippen LogP contribution >= 0.6 is 0 Å². The SMILES string of the molecule is CN1CCCC1c1ccc(NC2CCCCC2)nc1. The molecule has 3 rings (SSSR count). The van der Waals surface area contributed by atoms with Gasteiger partial charge in [0.2, 0.25) is 0 Å². The van der Waals surface area contributed by atoms with Crippen LogP contribution in [0.4, 0.5) is 5.82 Å². The molecule has 2 heterocycles. The summed E-state index contributed by atoms with van der Waals surface area (Å²) in [6.07, 6.45) is 11.4. The second-order valence-electron chi connectivity index (χ2n) is 6.09. The molecule has 0 radical (unpaired) electrons. The maximum Gasteiger partial charge on any atom is 0.126 e. The van der Waals surface area contributed by atoms with Gasteiger partial charge in [-0.25, -0.2) is 4.98 Å². The van der Waals surface area contributed by atoms with Crippen molar-refractivity contribution in [2.24, 2.45) is 0 Å². The molecule has 0 aromatic carbocycles. The van der Waals surface area contributed by atoms with Crippen molar-refractivity contribution in [2.75, 3.05) is 18.9 Å². The summed E-state index contributed by atoms with van der Waals surface area (Å²) in [6.45, 7) is 1.22. The van der Waals surface area contributed by atoms with Crippen molar-refractivity contribution in [1.82, 2.24) is 9.88 Å². The summed E-state index contributed by atoms with van der Waals surface area (Å²) < 4.78 is 0. The van der Waals surface area contributed by atoms with Crippen LogP contribution in [0.25, 0.3) is 0 Å². The minimum absolute atomic E-state index is 0.580. The first kappa shape index (κ1) is 12.9. The first-order valence-electron chi connectivity index (χ1n) is 7.75. The van der Waals surface area contributed by atoms with Crippen molar-refractivity contribution in [1.29, 1.82) is 0 Å². The molecule has 0 bridgehead atoms. The molecule has 2 aliphatic rings. The Morgan fingerprint density at radius 1 is 1.11 bits per heavy atom. The highest BCUT2D eigenvalue weighted by Crippen LogP contribution is 2.30. The molecule has 1 aliphatic heterocycles. The van der Waals surface area contributed by atoms with Crippen LogP contribution in [-0.4, -0.2) is 29.5 Å². The molecule has 1 aromatic heterocycles. The smallest absolute Gasteiger partial charge is 0.126 e. The molecule has 1 saturated heterocycles. The number of hydrogen-bond donors (Lipinski definition) is 1. The van der Waals surface area contributed by atoms with Gasteiger partial charge in [0, 0.05) is 18.3 Å². The van der Waals surface area contributed by atoms with E-state index in [0.29, 0.717) is 12.1 Å². The number of rotatable bonds is 3. The molecule has 1 aromatic rings. The van der Waals surface area contributed by atoms with Crippen molar-refractivity contribution in [3.8, 4) is 0 Å². The third kappa shape index (κ3) is 3.08. The lowest BCUT2D eigenvalue weighted by Gasteiger charge is -2.24. The minimum Gasteiger partial charge on any atom is -0.367 e. The molecule has 0 spiro atoms. The Morgan fingerprint density at radius 3 is 2.58 bits per heavy atom. The van der Waals surface area contributed by atoms with E-state index in [9.17, 15) is 0 Å². The molecule has 104 valence electrons. The van der Waals surface area contributed by atoms with E-state index in [0.717, 1.165) is 5.82 Å². The van der Waals surface area contributed by atoms with Crippen molar-refractivity contribution in [2.45, 2.75) is 57.0 Å². The number of pyridine rings is 1. The fourth-order valence-electron chi connectivity index (χ4n) is 3.48. The van der Waals surface area contributed by atoms with Gasteiger partial charge < -0.3 is 5.32 Å². The van der Waals surface area contributed by atoms with Gasteiger partial charge in [-0.2, -0.15) is 0 Å². The van der Waals surface area contributed by atoms with Crippen molar-refractivity contribution in [3.05, 3.63) is 23.9 Å². The molecular weight excluding hydrogens is 234 g/mol. The second kappa shape index (κ2) is 5.91. The minimum atomic E-state index is 0.580. The molecule has 3 heteroatoms. The predicted octanol–water partition coefficient (Wildman–Crippen LogP) is 3.59. The van der Waals surface area contributed by atoms with Crippen LogP contribution in [0.3, 0.4) is 0 Å². The average Bonchev–Trinajstić information content (AvgIpc) is 2.87. The van der Waals surface area contributed by atoms with Gasteiger partial charge in [0.25, 0.3) is 0 Å². The van der Waals surface area contributed by atoms with E-state index in [2.05, 4.69) is 40.6 Å².